The Morgan fingerprint density at radius 1 is 1.14 bits per heavy atom. The molecule has 2 aromatic carbocycles. The number of phenols is 1. The molecule has 0 spiro atoms. The molecule has 264 valence electrons. The minimum atomic E-state index is -5.08. The summed E-state index contributed by atoms with van der Waals surface area (Å²) in [5.41, 5.74) is 4.30. The lowest BCUT2D eigenvalue weighted by molar-refractivity contribution is -0.192. The van der Waals surface area contributed by atoms with Crippen LogP contribution in [0, 0.1) is 17.1 Å². The van der Waals surface area contributed by atoms with Gasteiger partial charge in [-0.25, -0.2) is 9.18 Å². The molecule has 0 radical (unpaired) electrons. The van der Waals surface area contributed by atoms with Crippen molar-refractivity contribution in [2.45, 2.75) is 50.4 Å². The van der Waals surface area contributed by atoms with Gasteiger partial charge in [0.1, 0.15) is 24.0 Å². The largest absolute Gasteiger partial charge is 0.507 e. The van der Waals surface area contributed by atoms with Gasteiger partial charge >= 0.3 is 18.2 Å². The van der Waals surface area contributed by atoms with E-state index in [2.05, 4.69) is 29.5 Å². The number of likely N-dealkylation sites (tertiary alicyclic amines) is 1. The lowest BCUT2D eigenvalue weighted by atomic mass is 9.86. The first-order valence-electron chi connectivity index (χ1n) is 16.0. The van der Waals surface area contributed by atoms with Crippen LogP contribution in [-0.2, 0) is 22.4 Å². The Labute approximate surface area is 286 Å². The third-order valence-corrected chi connectivity index (χ3v) is 9.14. The number of aromatic nitrogens is 2. The van der Waals surface area contributed by atoms with E-state index in [1.807, 2.05) is 18.2 Å². The molecule has 2 aliphatic heterocycles. The first-order chi connectivity index (χ1) is 23.8. The van der Waals surface area contributed by atoms with Crippen LogP contribution in [0.1, 0.15) is 30.4 Å². The number of aryl methyl sites for hydroxylation is 1. The predicted molar refractivity (Wildman–Crippen MR) is 175 cm³/mol. The van der Waals surface area contributed by atoms with Crippen molar-refractivity contribution in [2.24, 2.45) is 0 Å². The summed E-state index contributed by atoms with van der Waals surface area (Å²) in [5, 5.41) is 27.1. The molecule has 3 heterocycles. The van der Waals surface area contributed by atoms with Crippen molar-refractivity contribution in [1.82, 2.24) is 19.8 Å². The number of halogens is 4. The molecule has 2 saturated heterocycles. The predicted octanol–water partition coefficient (Wildman–Crippen LogP) is 4.98. The van der Waals surface area contributed by atoms with Crippen molar-refractivity contribution in [2.75, 3.05) is 44.7 Å². The monoisotopic (exact) mass is 696 g/mol. The van der Waals surface area contributed by atoms with E-state index in [-0.39, 0.29) is 41.7 Å². The van der Waals surface area contributed by atoms with Gasteiger partial charge in [0.15, 0.2) is 0 Å². The molecule has 15 heteroatoms. The van der Waals surface area contributed by atoms with Crippen LogP contribution < -0.4 is 9.64 Å². The topological polar surface area (TPSA) is 143 Å². The second-order valence-electron chi connectivity index (χ2n) is 12.3. The first kappa shape index (κ1) is 36.1. The van der Waals surface area contributed by atoms with Gasteiger partial charge in [0.2, 0.25) is 5.91 Å². The molecule has 3 aromatic rings. The number of anilines is 1. The third-order valence-electron chi connectivity index (χ3n) is 9.14. The average molecular weight is 697 g/mol. The van der Waals surface area contributed by atoms with Gasteiger partial charge in [-0.15, -0.1) is 0 Å². The number of amides is 1. The third kappa shape index (κ3) is 7.81. The molecule has 3 aliphatic rings. The molecule has 1 amide bonds. The zero-order valence-corrected chi connectivity index (χ0v) is 27.3. The van der Waals surface area contributed by atoms with Crippen LogP contribution in [0.15, 0.2) is 49.1 Å². The molecule has 2 fully saturated rings. The zero-order chi connectivity index (χ0) is 36.2. The molecule has 11 nitrogen and oxygen atoms in total. The Bertz CT molecular complexity index is 1790. The van der Waals surface area contributed by atoms with E-state index < -0.39 is 18.0 Å². The van der Waals surface area contributed by atoms with Crippen LogP contribution in [-0.4, -0.2) is 100.0 Å². The number of benzene rings is 2. The molecular formula is C35H36F4N6O5. The first-order valence-corrected chi connectivity index (χ1v) is 16.0. The molecule has 0 saturated carbocycles. The number of hydrogen-bond donors (Lipinski definition) is 2. The van der Waals surface area contributed by atoms with Gasteiger partial charge in [-0.05, 0) is 74.7 Å². The number of phenolic OH excluding ortho intramolecular Hbond substituents is 1. The summed E-state index contributed by atoms with van der Waals surface area (Å²) in [6.45, 7) is 6.53. The van der Waals surface area contributed by atoms with Gasteiger partial charge in [0.05, 0.1) is 29.8 Å². The Hall–Kier alpha value is -5.23. The van der Waals surface area contributed by atoms with Crippen molar-refractivity contribution in [3.05, 3.63) is 66.0 Å². The number of nitrogens with zero attached hydrogens (tertiary/aromatic N) is 6. The summed E-state index contributed by atoms with van der Waals surface area (Å²) in [5.74, 6) is -2.84. The van der Waals surface area contributed by atoms with Crippen molar-refractivity contribution < 1.29 is 42.1 Å². The van der Waals surface area contributed by atoms with Gasteiger partial charge in [-0.1, -0.05) is 24.8 Å². The number of carboxylic acid groups (broad SMARTS) is 1. The Kier molecular flexibility index (Phi) is 10.9. The SMILES string of the molecule is C=CC(=O)N1CCN(c2nc(OC[C@@H]3CCCN3C)nc3c2CCc2ccc(-c4c(O)cccc4F)cc2-3)C[C@@H]1CC#N.O=C(O)C(F)(F)F. The van der Waals surface area contributed by atoms with E-state index in [4.69, 9.17) is 24.6 Å². The van der Waals surface area contributed by atoms with E-state index in [9.17, 15) is 32.7 Å². The number of carbonyl (C=O) groups is 2. The summed E-state index contributed by atoms with van der Waals surface area (Å²) < 4.78 is 52.8. The molecular weight excluding hydrogens is 660 g/mol. The van der Waals surface area contributed by atoms with Crippen molar-refractivity contribution in [1.29, 1.82) is 5.26 Å². The maximum Gasteiger partial charge on any atom is 0.490 e. The maximum atomic E-state index is 14.9. The highest BCUT2D eigenvalue weighted by Gasteiger charge is 2.38. The van der Waals surface area contributed by atoms with Crippen molar-refractivity contribution in [3.63, 3.8) is 0 Å². The number of aromatic hydroxyl groups is 1. The number of piperazine rings is 1. The van der Waals surface area contributed by atoms with E-state index in [0.717, 1.165) is 54.0 Å². The fourth-order valence-corrected chi connectivity index (χ4v) is 6.56. The van der Waals surface area contributed by atoms with Crippen LogP contribution in [0.4, 0.5) is 23.4 Å². The molecule has 2 atom stereocenters. The molecule has 6 rings (SSSR count). The summed E-state index contributed by atoms with van der Waals surface area (Å²) in [4.78, 5) is 37.4. The number of hydrogen-bond acceptors (Lipinski definition) is 9. The molecule has 0 unspecified atom stereocenters. The Morgan fingerprint density at radius 3 is 2.54 bits per heavy atom. The minimum Gasteiger partial charge on any atom is -0.507 e. The van der Waals surface area contributed by atoms with E-state index >= 15 is 0 Å². The average Bonchev–Trinajstić information content (AvgIpc) is 3.50. The summed E-state index contributed by atoms with van der Waals surface area (Å²) in [6.07, 6.45) is 0.00325. The van der Waals surface area contributed by atoms with Gasteiger partial charge in [0.25, 0.3) is 0 Å². The summed E-state index contributed by atoms with van der Waals surface area (Å²) in [7, 11) is 2.09. The van der Waals surface area contributed by atoms with Crippen LogP contribution in [0.25, 0.3) is 22.4 Å². The second kappa shape index (κ2) is 15.1. The van der Waals surface area contributed by atoms with Crippen LogP contribution in [0.3, 0.4) is 0 Å². The number of fused-ring (bicyclic) bond motifs is 3. The fraction of sp³-hybridized carbons (Fsp3) is 0.400. The summed E-state index contributed by atoms with van der Waals surface area (Å²) >= 11 is 0. The number of carbonyl (C=O) groups excluding carboxylic acids is 1. The molecule has 1 aromatic heterocycles. The number of ether oxygens (including phenoxy) is 1. The normalized spacial score (nSPS) is 18.6. The van der Waals surface area contributed by atoms with Crippen LogP contribution >= 0.6 is 0 Å². The molecule has 2 N–H and O–H groups in total. The maximum absolute atomic E-state index is 14.9. The molecule has 0 bridgehead atoms. The Morgan fingerprint density at radius 2 is 1.90 bits per heavy atom. The van der Waals surface area contributed by atoms with Gasteiger partial charge in [0, 0.05) is 36.8 Å². The number of likely N-dealkylation sites (N-methyl/N-ethyl adjacent to an activating group) is 1. The number of rotatable bonds is 7. The highest BCUT2D eigenvalue weighted by atomic mass is 19.4. The molecule has 1 aliphatic carbocycles. The van der Waals surface area contributed by atoms with Gasteiger partial charge < -0.3 is 29.6 Å². The van der Waals surface area contributed by atoms with E-state index in [1.165, 1.54) is 24.3 Å². The van der Waals surface area contributed by atoms with E-state index in [1.54, 1.807) is 4.90 Å². The quantitative estimate of drug-likeness (QED) is 0.257. The fourth-order valence-electron chi connectivity index (χ4n) is 6.56. The molecule has 50 heavy (non-hydrogen) atoms. The van der Waals surface area contributed by atoms with Crippen LogP contribution in [0.2, 0.25) is 0 Å². The number of aliphatic carboxylic acids is 1. The summed E-state index contributed by atoms with van der Waals surface area (Å²) in [6, 6.07) is 12.4. The minimum absolute atomic E-state index is 0.125. The lowest BCUT2D eigenvalue weighted by Gasteiger charge is -2.41. The highest BCUT2D eigenvalue weighted by molar-refractivity contribution is 5.87. The standard InChI is InChI=1S/C33H35FN6O3.C2HF3O2/c1-3-29(42)40-17-16-39(19-23(40)13-14-35)32-25-12-11-21-9-10-22(30-27(34)7-4-8-28(30)41)18-26(21)31(25)36-33(37-32)43-20-24-6-5-15-38(24)2;3-2(4,5)1(6)7/h3-4,7-10,18,23-24,41H,1,5-6,11-13,15-17,19-20H2,2H3;(H,6,7)/t23-,24-;/m0./s1. The van der Waals surface area contributed by atoms with E-state index in [0.29, 0.717) is 38.2 Å². The number of nitriles is 1. The highest BCUT2D eigenvalue weighted by Crippen LogP contribution is 2.42. The van der Waals surface area contributed by atoms with Gasteiger partial charge in [-0.2, -0.15) is 28.4 Å². The zero-order valence-electron chi connectivity index (χ0n) is 27.3. The Balaban J connectivity index is 0.000000630. The van der Waals surface area contributed by atoms with Crippen LogP contribution in [0.5, 0.6) is 11.8 Å². The number of alkyl halides is 3. The van der Waals surface area contributed by atoms with Crippen molar-refractivity contribution in [3.8, 4) is 40.2 Å². The smallest absolute Gasteiger partial charge is 0.490 e. The van der Waals surface area contributed by atoms with Gasteiger partial charge in [-0.3, -0.25) is 4.79 Å². The van der Waals surface area contributed by atoms with Crippen molar-refractivity contribution >= 4 is 17.7 Å². The lowest BCUT2D eigenvalue weighted by Crippen LogP contribution is -2.55. The second-order valence-corrected chi connectivity index (χ2v) is 12.3. The number of carboxylic acids is 1.